The van der Waals surface area contributed by atoms with Gasteiger partial charge >= 0.3 is 0 Å². The molecule has 7 nitrogen and oxygen atoms in total. The van der Waals surface area contributed by atoms with Crippen molar-refractivity contribution in [2.24, 2.45) is 11.7 Å². The maximum Gasteiger partial charge on any atom is 0.292 e. The van der Waals surface area contributed by atoms with Crippen LogP contribution >= 0.6 is 0 Å². The zero-order chi connectivity index (χ0) is 14.5. The third-order valence-electron chi connectivity index (χ3n) is 3.09. The standard InChI is InChI=1S/C13H17N3O4/c14-13(17)10-3-4-12(16(18)19)11(7-10)15-5-6-20-8-9-1-2-9/h3-4,7,9,15H,1-2,5-6,8H2,(H2,14,17). The largest absolute Gasteiger partial charge is 0.379 e. The summed E-state index contributed by atoms with van der Waals surface area (Å²) in [5.41, 5.74) is 5.59. The summed E-state index contributed by atoms with van der Waals surface area (Å²) in [7, 11) is 0. The van der Waals surface area contributed by atoms with Crippen LogP contribution in [0.3, 0.4) is 0 Å². The van der Waals surface area contributed by atoms with Crippen molar-refractivity contribution in [1.82, 2.24) is 0 Å². The van der Waals surface area contributed by atoms with Crippen molar-refractivity contribution in [2.75, 3.05) is 25.1 Å². The summed E-state index contributed by atoms with van der Waals surface area (Å²) in [6.45, 7) is 1.65. The number of carbonyl (C=O) groups is 1. The predicted octanol–water partition coefficient (Wildman–Crippen LogP) is 1.53. The number of nitro groups is 1. The number of nitro benzene ring substituents is 1. The molecule has 20 heavy (non-hydrogen) atoms. The molecule has 0 bridgehead atoms. The number of nitrogens with two attached hydrogens (primary N) is 1. The Balaban J connectivity index is 1.93. The monoisotopic (exact) mass is 279 g/mol. The van der Waals surface area contributed by atoms with Gasteiger partial charge in [-0.2, -0.15) is 0 Å². The first-order valence-electron chi connectivity index (χ1n) is 6.48. The van der Waals surface area contributed by atoms with Gasteiger partial charge in [0.1, 0.15) is 5.69 Å². The van der Waals surface area contributed by atoms with Crippen LogP contribution in [0.4, 0.5) is 11.4 Å². The van der Waals surface area contributed by atoms with Crippen molar-refractivity contribution < 1.29 is 14.5 Å². The zero-order valence-corrected chi connectivity index (χ0v) is 11.0. The van der Waals surface area contributed by atoms with Gasteiger partial charge in [0.05, 0.1) is 11.5 Å². The van der Waals surface area contributed by atoms with E-state index in [0.29, 0.717) is 19.1 Å². The average molecular weight is 279 g/mol. The zero-order valence-electron chi connectivity index (χ0n) is 11.0. The van der Waals surface area contributed by atoms with Crippen molar-refractivity contribution in [3.05, 3.63) is 33.9 Å². The smallest absolute Gasteiger partial charge is 0.292 e. The van der Waals surface area contributed by atoms with E-state index in [1.165, 1.54) is 31.0 Å². The van der Waals surface area contributed by atoms with Crippen LogP contribution in [0.1, 0.15) is 23.2 Å². The summed E-state index contributed by atoms with van der Waals surface area (Å²) in [6.07, 6.45) is 2.44. The van der Waals surface area contributed by atoms with Gasteiger partial charge in [0.2, 0.25) is 5.91 Å². The van der Waals surface area contributed by atoms with E-state index in [-0.39, 0.29) is 16.9 Å². The number of benzene rings is 1. The fourth-order valence-corrected chi connectivity index (χ4v) is 1.78. The predicted molar refractivity (Wildman–Crippen MR) is 73.6 cm³/mol. The van der Waals surface area contributed by atoms with Crippen molar-refractivity contribution in [1.29, 1.82) is 0 Å². The molecule has 0 spiro atoms. The highest BCUT2D eigenvalue weighted by molar-refractivity contribution is 5.94. The van der Waals surface area contributed by atoms with Crippen LogP contribution in [-0.2, 0) is 4.74 Å². The Bertz CT molecular complexity index is 514. The Kier molecular flexibility index (Phi) is 4.52. The van der Waals surface area contributed by atoms with Gasteiger partial charge in [0.15, 0.2) is 0 Å². The lowest BCUT2D eigenvalue weighted by Crippen LogP contribution is -2.14. The summed E-state index contributed by atoms with van der Waals surface area (Å²) in [5, 5.41) is 13.8. The Morgan fingerprint density at radius 3 is 2.85 bits per heavy atom. The molecule has 0 saturated heterocycles. The molecule has 1 aromatic rings. The van der Waals surface area contributed by atoms with Crippen LogP contribution < -0.4 is 11.1 Å². The number of hydrogen-bond donors (Lipinski definition) is 2. The molecule has 1 fully saturated rings. The highest BCUT2D eigenvalue weighted by atomic mass is 16.6. The maximum atomic E-state index is 11.1. The van der Waals surface area contributed by atoms with Gasteiger partial charge in [-0.15, -0.1) is 0 Å². The number of nitrogens with one attached hydrogen (secondary N) is 1. The molecular weight excluding hydrogens is 262 g/mol. The summed E-state index contributed by atoms with van der Waals surface area (Å²) in [4.78, 5) is 21.5. The Hall–Kier alpha value is -2.15. The molecule has 3 N–H and O–H groups in total. The number of rotatable bonds is 8. The van der Waals surface area contributed by atoms with Crippen LogP contribution in [0.5, 0.6) is 0 Å². The first-order chi connectivity index (χ1) is 9.58. The molecule has 1 aromatic carbocycles. The van der Waals surface area contributed by atoms with Crippen molar-refractivity contribution >= 4 is 17.3 Å². The Morgan fingerprint density at radius 1 is 1.50 bits per heavy atom. The Labute approximate surface area is 116 Å². The van der Waals surface area contributed by atoms with Crippen LogP contribution in [0.2, 0.25) is 0 Å². The third kappa shape index (κ3) is 3.92. The summed E-state index contributed by atoms with van der Waals surface area (Å²) in [6, 6.07) is 4.00. The molecule has 1 saturated carbocycles. The van der Waals surface area contributed by atoms with Crippen molar-refractivity contribution in [3.63, 3.8) is 0 Å². The van der Waals surface area contributed by atoms with Gasteiger partial charge in [-0.05, 0) is 30.9 Å². The van der Waals surface area contributed by atoms with Crippen molar-refractivity contribution in [3.8, 4) is 0 Å². The van der Waals surface area contributed by atoms with Gasteiger partial charge in [-0.25, -0.2) is 0 Å². The molecule has 2 rings (SSSR count). The molecule has 1 amide bonds. The molecule has 0 unspecified atom stereocenters. The third-order valence-corrected chi connectivity index (χ3v) is 3.09. The molecule has 108 valence electrons. The second-order valence-electron chi connectivity index (χ2n) is 4.80. The second kappa shape index (κ2) is 6.33. The average Bonchev–Trinajstić information content (AvgIpc) is 3.22. The molecule has 1 aliphatic rings. The summed E-state index contributed by atoms with van der Waals surface area (Å²) >= 11 is 0. The second-order valence-corrected chi connectivity index (χ2v) is 4.80. The Morgan fingerprint density at radius 2 is 2.25 bits per heavy atom. The highest BCUT2D eigenvalue weighted by Crippen LogP contribution is 2.28. The molecule has 7 heteroatoms. The van der Waals surface area contributed by atoms with E-state index in [2.05, 4.69) is 5.32 Å². The summed E-state index contributed by atoms with van der Waals surface area (Å²) in [5.74, 6) is 0.0652. The normalized spacial score (nSPS) is 14.0. The molecule has 0 heterocycles. The lowest BCUT2D eigenvalue weighted by atomic mass is 10.1. The summed E-state index contributed by atoms with van der Waals surface area (Å²) < 4.78 is 5.43. The number of nitrogens with zero attached hydrogens (tertiary/aromatic N) is 1. The van der Waals surface area contributed by atoms with E-state index in [0.717, 1.165) is 6.61 Å². The topological polar surface area (TPSA) is 107 Å². The molecule has 0 aromatic heterocycles. The van der Waals surface area contributed by atoms with Crippen LogP contribution in [0, 0.1) is 16.0 Å². The van der Waals surface area contributed by atoms with E-state index in [4.69, 9.17) is 10.5 Å². The van der Waals surface area contributed by atoms with E-state index in [1.807, 2.05) is 0 Å². The number of ether oxygens (including phenoxy) is 1. The molecule has 0 aliphatic heterocycles. The van der Waals surface area contributed by atoms with E-state index in [1.54, 1.807) is 0 Å². The molecule has 0 radical (unpaired) electrons. The van der Waals surface area contributed by atoms with Gasteiger partial charge in [0.25, 0.3) is 5.69 Å². The number of hydrogen-bond acceptors (Lipinski definition) is 5. The van der Waals surface area contributed by atoms with E-state index < -0.39 is 10.8 Å². The van der Waals surface area contributed by atoms with E-state index >= 15 is 0 Å². The number of anilines is 1. The molecule has 1 aliphatic carbocycles. The van der Waals surface area contributed by atoms with E-state index in [9.17, 15) is 14.9 Å². The first-order valence-corrected chi connectivity index (χ1v) is 6.48. The fraction of sp³-hybridized carbons (Fsp3) is 0.462. The number of primary amides is 1. The van der Waals surface area contributed by atoms with Crippen LogP contribution in [-0.4, -0.2) is 30.6 Å². The van der Waals surface area contributed by atoms with Gasteiger partial charge < -0.3 is 15.8 Å². The van der Waals surface area contributed by atoms with Gasteiger partial charge in [0, 0.05) is 24.8 Å². The lowest BCUT2D eigenvalue weighted by molar-refractivity contribution is -0.384. The number of carbonyl (C=O) groups excluding carboxylic acids is 1. The lowest BCUT2D eigenvalue weighted by Gasteiger charge is -2.08. The first kappa shape index (κ1) is 14.3. The SMILES string of the molecule is NC(=O)c1ccc([N+](=O)[O-])c(NCCOCC2CC2)c1. The number of amides is 1. The molecular formula is C13H17N3O4. The minimum Gasteiger partial charge on any atom is -0.379 e. The highest BCUT2D eigenvalue weighted by Gasteiger charge is 2.21. The quantitative estimate of drug-likeness (QED) is 0.426. The molecule has 0 atom stereocenters. The van der Waals surface area contributed by atoms with Crippen LogP contribution in [0.15, 0.2) is 18.2 Å². The van der Waals surface area contributed by atoms with Gasteiger partial charge in [-0.3, -0.25) is 14.9 Å². The fourth-order valence-electron chi connectivity index (χ4n) is 1.78. The van der Waals surface area contributed by atoms with Gasteiger partial charge in [-0.1, -0.05) is 0 Å². The minimum atomic E-state index is -0.618. The maximum absolute atomic E-state index is 11.1. The minimum absolute atomic E-state index is 0.0859. The van der Waals surface area contributed by atoms with Crippen molar-refractivity contribution in [2.45, 2.75) is 12.8 Å². The van der Waals surface area contributed by atoms with Crippen LogP contribution in [0.25, 0.3) is 0 Å².